The molecular formula is C16H24ClN3. The van der Waals surface area contributed by atoms with Gasteiger partial charge in [0.25, 0.3) is 0 Å². The summed E-state index contributed by atoms with van der Waals surface area (Å²) < 4.78 is 0. The molecule has 0 radical (unpaired) electrons. The number of anilines is 1. The topological polar surface area (TPSA) is 28.2 Å². The van der Waals surface area contributed by atoms with Gasteiger partial charge in [-0.05, 0) is 44.7 Å². The number of halogens is 1. The summed E-state index contributed by atoms with van der Waals surface area (Å²) in [4.78, 5) is 7.27. The van der Waals surface area contributed by atoms with E-state index in [2.05, 4.69) is 23.2 Å². The molecule has 2 aliphatic rings. The number of nitrogens with zero attached hydrogens (tertiary/aromatic N) is 2. The zero-order valence-electron chi connectivity index (χ0n) is 12.2. The van der Waals surface area contributed by atoms with Crippen molar-refractivity contribution in [3.8, 4) is 0 Å². The molecule has 20 heavy (non-hydrogen) atoms. The first-order valence-corrected chi connectivity index (χ1v) is 8.27. The van der Waals surface area contributed by atoms with Crippen molar-refractivity contribution in [3.63, 3.8) is 0 Å². The molecule has 3 rings (SSSR count). The minimum atomic E-state index is 0.579. The quantitative estimate of drug-likeness (QED) is 0.916. The summed E-state index contributed by atoms with van der Waals surface area (Å²) in [6, 6.07) is 5.35. The lowest BCUT2D eigenvalue weighted by Crippen LogP contribution is -2.33. The summed E-state index contributed by atoms with van der Waals surface area (Å²) in [6.07, 6.45) is 7.79. The van der Waals surface area contributed by atoms with Crippen LogP contribution in [-0.2, 0) is 6.54 Å². The molecule has 2 fully saturated rings. The molecule has 1 aliphatic carbocycles. The first-order valence-electron chi connectivity index (χ1n) is 7.89. The molecule has 1 atom stereocenters. The summed E-state index contributed by atoms with van der Waals surface area (Å²) in [5.41, 5.74) is 0.993. The molecule has 1 aromatic rings. The van der Waals surface area contributed by atoms with Crippen molar-refractivity contribution in [1.82, 2.24) is 10.3 Å². The van der Waals surface area contributed by atoms with Crippen molar-refractivity contribution in [1.29, 1.82) is 0 Å². The largest absolute Gasteiger partial charge is 0.354 e. The fourth-order valence-electron chi connectivity index (χ4n) is 2.90. The van der Waals surface area contributed by atoms with E-state index in [1.807, 2.05) is 6.07 Å². The van der Waals surface area contributed by atoms with E-state index in [9.17, 15) is 0 Å². The Kier molecular flexibility index (Phi) is 4.47. The number of hydrogen-bond acceptors (Lipinski definition) is 3. The van der Waals surface area contributed by atoms with Gasteiger partial charge in [0.05, 0.1) is 10.7 Å². The Morgan fingerprint density at radius 1 is 1.25 bits per heavy atom. The van der Waals surface area contributed by atoms with Crippen LogP contribution in [0.25, 0.3) is 0 Å². The molecule has 1 unspecified atom stereocenters. The second kappa shape index (κ2) is 6.31. The Morgan fingerprint density at radius 3 is 2.90 bits per heavy atom. The van der Waals surface area contributed by atoms with Crippen LogP contribution in [0.3, 0.4) is 0 Å². The van der Waals surface area contributed by atoms with Gasteiger partial charge >= 0.3 is 0 Å². The Bertz CT molecular complexity index is 459. The Labute approximate surface area is 126 Å². The van der Waals surface area contributed by atoms with Crippen LogP contribution in [0.5, 0.6) is 0 Å². The first kappa shape index (κ1) is 14.2. The molecule has 1 aliphatic heterocycles. The molecule has 110 valence electrons. The molecule has 4 heteroatoms. The van der Waals surface area contributed by atoms with Crippen LogP contribution in [0.1, 0.15) is 51.1 Å². The van der Waals surface area contributed by atoms with Gasteiger partial charge in [0.15, 0.2) is 0 Å². The van der Waals surface area contributed by atoms with Gasteiger partial charge < -0.3 is 10.2 Å². The Morgan fingerprint density at radius 2 is 2.10 bits per heavy atom. The zero-order valence-corrected chi connectivity index (χ0v) is 13.0. The third-order valence-corrected chi connectivity index (χ3v) is 4.73. The number of nitrogens with one attached hydrogen (secondary N) is 1. The van der Waals surface area contributed by atoms with Crippen LogP contribution in [0, 0.1) is 0 Å². The molecule has 3 nitrogen and oxygen atoms in total. The molecule has 0 bridgehead atoms. The summed E-state index contributed by atoms with van der Waals surface area (Å²) in [6.45, 7) is 4.22. The second-order valence-electron chi connectivity index (χ2n) is 6.14. The van der Waals surface area contributed by atoms with E-state index >= 15 is 0 Å². The molecule has 1 saturated carbocycles. The van der Waals surface area contributed by atoms with E-state index in [1.165, 1.54) is 38.5 Å². The molecule has 0 spiro atoms. The highest BCUT2D eigenvalue weighted by Crippen LogP contribution is 2.26. The minimum absolute atomic E-state index is 0.579. The van der Waals surface area contributed by atoms with Crippen molar-refractivity contribution >= 4 is 17.4 Å². The van der Waals surface area contributed by atoms with E-state index < -0.39 is 0 Å². The van der Waals surface area contributed by atoms with E-state index in [1.54, 1.807) is 0 Å². The normalized spacial score (nSPS) is 23.7. The van der Waals surface area contributed by atoms with E-state index in [0.29, 0.717) is 12.1 Å². The first-order chi connectivity index (χ1) is 9.74. The fraction of sp³-hybridized carbons (Fsp3) is 0.688. The van der Waals surface area contributed by atoms with Crippen LogP contribution < -0.4 is 10.2 Å². The summed E-state index contributed by atoms with van der Waals surface area (Å²) in [5, 5.41) is 4.28. The van der Waals surface area contributed by atoms with Gasteiger partial charge in [0.1, 0.15) is 5.82 Å². The van der Waals surface area contributed by atoms with Crippen molar-refractivity contribution in [3.05, 3.63) is 22.8 Å². The van der Waals surface area contributed by atoms with Gasteiger partial charge in [-0.3, -0.25) is 0 Å². The third-order valence-electron chi connectivity index (χ3n) is 4.39. The highest BCUT2D eigenvalue weighted by molar-refractivity contribution is 6.31. The van der Waals surface area contributed by atoms with Crippen LogP contribution >= 0.6 is 11.6 Å². The average Bonchev–Trinajstić information content (AvgIpc) is 3.26. The maximum atomic E-state index is 6.29. The lowest BCUT2D eigenvalue weighted by molar-refractivity contribution is 0.608. The lowest BCUT2D eigenvalue weighted by atomic mass is 10.1. The second-order valence-corrected chi connectivity index (χ2v) is 6.55. The van der Waals surface area contributed by atoms with Crippen LogP contribution in [-0.4, -0.2) is 23.6 Å². The van der Waals surface area contributed by atoms with E-state index in [0.717, 1.165) is 29.6 Å². The van der Waals surface area contributed by atoms with Gasteiger partial charge in [0.2, 0.25) is 0 Å². The number of pyridine rings is 1. The van der Waals surface area contributed by atoms with Crippen molar-refractivity contribution in [2.45, 2.75) is 64.1 Å². The number of hydrogen-bond donors (Lipinski definition) is 1. The molecule has 1 N–H and O–H groups in total. The van der Waals surface area contributed by atoms with Gasteiger partial charge in [-0.15, -0.1) is 0 Å². The van der Waals surface area contributed by atoms with Crippen LogP contribution in [0.2, 0.25) is 5.02 Å². The minimum Gasteiger partial charge on any atom is -0.354 e. The summed E-state index contributed by atoms with van der Waals surface area (Å²) >= 11 is 6.29. The standard InChI is InChI=1S/C16H24ClN3/c1-12-5-3-2-4-10-20(12)16-9-8-14(17)15(19-16)11-18-13-6-7-13/h8-9,12-13,18H,2-7,10-11H2,1H3. The van der Waals surface area contributed by atoms with Crippen LogP contribution in [0.15, 0.2) is 12.1 Å². The predicted molar refractivity (Wildman–Crippen MR) is 84.4 cm³/mol. The summed E-state index contributed by atoms with van der Waals surface area (Å²) in [5.74, 6) is 1.09. The highest BCUT2D eigenvalue weighted by Gasteiger charge is 2.22. The van der Waals surface area contributed by atoms with Crippen LogP contribution in [0.4, 0.5) is 5.82 Å². The van der Waals surface area contributed by atoms with Gasteiger partial charge in [0, 0.05) is 25.2 Å². The van der Waals surface area contributed by atoms with Crippen molar-refractivity contribution < 1.29 is 0 Å². The molecule has 1 saturated heterocycles. The average molecular weight is 294 g/mol. The Hall–Kier alpha value is -0.800. The number of aromatic nitrogens is 1. The highest BCUT2D eigenvalue weighted by atomic mass is 35.5. The van der Waals surface area contributed by atoms with E-state index in [-0.39, 0.29) is 0 Å². The van der Waals surface area contributed by atoms with Gasteiger partial charge in [-0.1, -0.05) is 24.4 Å². The van der Waals surface area contributed by atoms with E-state index in [4.69, 9.17) is 16.6 Å². The van der Waals surface area contributed by atoms with Gasteiger partial charge in [-0.2, -0.15) is 0 Å². The molecular weight excluding hydrogens is 270 g/mol. The summed E-state index contributed by atoms with van der Waals surface area (Å²) in [7, 11) is 0. The monoisotopic (exact) mass is 293 g/mol. The molecule has 1 aromatic heterocycles. The van der Waals surface area contributed by atoms with Crippen molar-refractivity contribution in [2.24, 2.45) is 0 Å². The third kappa shape index (κ3) is 3.44. The fourth-order valence-corrected chi connectivity index (χ4v) is 3.07. The number of rotatable bonds is 4. The van der Waals surface area contributed by atoms with Crippen molar-refractivity contribution in [2.75, 3.05) is 11.4 Å². The lowest BCUT2D eigenvalue weighted by Gasteiger charge is -2.28. The molecule has 0 amide bonds. The smallest absolute Gasteiger partial charge is 0.129 e. The molecule has 0 aromatic carbocycles. The van der Waals surface area contributed by atoms with Gasteiger partial charge in [-0.25, -0.2) is 4.98 Å². The molecule has 2 heterocycles. The Balaban J connectivity index is 1.75. The maximum absolute atomic E-state index is 6.29. The predicted octanol–water partition coefficient (Wildman–Crippen LogP) is 3.76. The zero-order chi connectivity index (χ0) is 13.9. The maximum Gasteiger partial charge on any atom is 0.129 e. The SMILES string of the molecule is CC1CCCCCN1c1ccc(Cl)c(CNC2CC2)n1.